The summed E-state index contributed by atoms with van der Waals surface area (Å²) in [5, 5.41) is 2.84. The summed E-state index contributed by atoms with van der Waals surface area (Å²) in [6.07, 6.45) is 1.10. The van der Waals surface area contributed by atoms with E-state index in [2.05, 4.69) is 31.1 Å². The second kappa shape index (κ2) is 8.43. The van der Waals surface area contributed by atoms with E-state index in [-0.39, 0.29) is 12.5 Å². The SMILES string of the molecule is CCC(C)N(C)CCNC(=O)COc1cccc(N)c1. The Balaban J connectivity index is 2.21. The number of nitrogen functional groups attached to an aromatic ring is 1. The minimum atomic E-state index is -0.120. The van der Waals surface area contributed by atoms with E-state index in [1.165, 1.54) is 0 Å². The van der Waals surface area contributed by atoms with E-state index in [4.69, 9.17) is 10.5 Å². The minimum Gasteiger partial charge on any atom is -0.484 e. The number of amides is 1. The van der Waals surface area contributed by atoms with Crippen LogP contribution in [0.3, 0.4) is 0 Å². The van der Waals surface area contributed by atoms with Gasteiger partial charge in [-0.2, -0.15) is 0 Å². The van der Waals surface area contributed by atoms with Crippen LogP contribution in [0.25, 0.3) is 0 Å². The summed E-state index contributed by atoms with van der Waals surface area (Å²) in [6.45, 7) is 5.79. The lowest BCUT2D eigenvalue weighted by molar-refractivity contribution is -0.123. The third-order valence-electron chi connectivity index (χ3n) is 3.36. The highest BCUT2D eigenvalue weighted by atomic mass is 16.5. The quantitative estimate of drug-likeness (QED) is 0.708. The maximum absolute atomic E-state index is 11.6. The first-order chi connectivity index (χ1) is 9.52. The van der Waals surface area contributed by atoms with E-state index < -0.39 is 0 Å². The summed E-state index contributed by atoms with van der Waals surface area (Å²) in [6, 6.07) is 7.57. The molecule has 1 unspecified atom stereocenters. The van der Waals surface area contributed by atoms with Gasteiger partial charge in [0.2, 0.25) is 0 Å². The first kappa shape index (κ1) is 16.3. The summed E-state index contributed by atoms with van der Waals surface area (Å²) in [4.78, 5) is 13.9. The average Bonchev–Trinajstić information content (AvgIpc) is 2.44. The second-order valence-electron chi connectivity index (χ2n) is 4.95. The molecule has 0 radical (unpaired) electrons. The van der Waals surface area contributed by atoms with Crippen LogP contribution >= 0.6 is 0 Å². The number of ether oxygens (including phenoxy) is 1. The summed E-state index contributed by atoms with van der Waals surface area (Å²) in [5.74, 6) is 0.488. The van der Waals surface area contributed by atoms with Gasteiger partial charge in [-0.05, 0) is 32.5 Å². The smallest absolute Gasteiger partial charge is 0.257 e. The molecule has 1 amide bonds. The predicted molar refractivity (Wildman–Crippen MR) is 81.7 cm³/mol. The Morgan fingerprint density at radius 1 is 1.50 bits per heavy atom. The number of carbonyl (C=O) groups excluding carboxylic acids is 1. The van der Waals surface area contributed by atoms with Crippen molar-refractivity contribution < 1.29 is 9.53 Å². The van der Waals surface area contributed by atoms with E-state index in [9.17, 15) is 4.79 Å². The highest BCUT2D eigenvalue weighted by Gasteiger charge is 2.07. The normalized spacial score (nSPS) is 12.2. The van der Waals surface area contributed by atoms with Gasteiger partial charge in [-0.15, -0.1) is 0 Å². The third-order valence-corrected chi connectivity index (χ3v) is 3.36. The van der Waals surface area contributed by atoms with E-state index in [0.29, 0.717) is 24.0 Å². The Kier molecular flexibility index (Phi) is 6.87. The topological polar surface area (TPSA) is 67.6 Å². The predicted octanol–water partition coefficient (Wildman–Crippen LogP) is 1.49. The number of likely N-dealkylation sites (N-methyl/N-ethyl adjacent to an activating group) is 1. The summed E-state index contributed by atoms with van der Waals surface area (Å²) >= 11 is 0. The number of nitrogens with two attached hydrogens (primary N) is 1. The molecule has 5 heteroatoms. The van der Waals surface area contributed by atoms with E-state index >= 15 is 0 Å². The highest BCUT2D eigenvalue weighted by Crippen LogP contribution is 2.13. The molecule has 0 bridgehead atoms. The van der Waals surface area contributed by atoms with Crippen LogP contribution in [0.15, 0.2) is 24.3 Å². The van der Waals surface area contributed by atoms with Gasteiger partial charge in [0.1, 0.15) is 5.75 Å². The van der Waals surface area contributed by atoms with Gasteiger partial charge in [0.05, 0.1) is 0 Å². The molecule has 1 rings (SSSR count). The van der Waals surface area contributed by atoms with Crippen molar-refractivity contribution in [1.82, 2.24) is 10.2 Å². The van der Waals surface area contributed by atoms with E-state index in [0.717, 1.165) is 13.0 Å². The standard InChI is InChI=1S/C15H25N3O2/c1-4-12(2)18(3)9-8-17-15(19)11-20-14-7-5-6-13(16)10-14/h5-7,10,12H,4,8-9,11,16H2,1-3H3,(H,17,19). The molecule has 0 saturated heterocycles. The van der Waals surface area contributed by atoms with Crippen molar-refractivity contribution in [3.8, 4) is 5.75 Å². The van der Waals surface area contributed by atoms with Crippen LogP contribution in [0.5, 0.6) is 5.75 Å². The van der Waals surface area contributed by atoms with E-state index in [1.807, 2.05) is 0 Å². The van der Waals surface area contributed by atoms with Gasteiger partial charge < -0.3 is 20.7 Å². The largest absolute Gasteiger partial charge is 0.484 e. The Labute approximate surface area is 121 Å². The summed E-state index contributed by atoms with van der Waals surface area (Å²) in [5.41, 5.74) is 6.26. The van der Waals surface area contributed by atoms with Crippen molar-refractivity contribution >= 4 is 11.6 Å². The van der Waals surface area contributed by atoms with Crippen molar-refractivity contribution in [3.05, 3.63) is 24.3 Å². The van der Waals surface area contributed by atoms with Gasteiger partial charge in [-0.1, -0.05) is 13.0 Å². The van der Waals surface area contributed by atoms with Crippen LogP contribution in [0.4, 0.5) is 5.69 Å². The first-order valence-corrected chi connectivity index (χ1v) is 6.98. The van der Waals surface area contributed by atoms with Crippen LogP contribution in [-0.4, -0.2) is 43.6 Å². The molecule has 0 aromatic heterocycles. The van der Waals surface area contributed by atoms with E-state index in [1.54, 1.807) is 24.3 Å². The lowest BCUT2D eigenvalue weighted by Gasteiger charge is -2.23. The molecular weight excluding hydrogens is 254 g/mol. The monoisotopic (exact) mass is 279 g/mol. The van der Waals surface area contributed by atoms with Crippen LogP contribution in [-0.2, 0) is 4.79 Å². The van der Waals surface area contributed by atoms with Crippen molar-refractivity contribution in [1.29, 1.82) is 0 Å². The molecule has 0 saturated carbocycles. The van der Waals surface area contributed by atoms with Crippen molar-refractivity contribution in [2.75, 3.05) is 32.5 Å². The Hall–Kier alpha value is -1.75. The van der Waals surface area contributed by atoms with Crippen LogP contribution in [0, 0.1) is 0 Å². The number of rotatable bonds is 8. The van der Waals surface area contributed by atoms with Crippen LogP contribution < -0.4 is 15.8 Å². The second-order valence-corrected chi connectivity index (χ2v) is 4.95. The number of carbonyl (C=O) groups is 1. The number of hydrogen-bond donors (Lipinski definition) is 2. The van der Waals surface area contributed by atoms with Crippen LogP contribution in [0.2, 0.25) is 0 Å². The van der Waals surface area contributed by atoms with Gasteiger partial charge in [0.25, 0.3) is 5.91 Å². The molecule has 0 aliphatic rings. The summed E-state index contributed by atoms with van der Waals surface area (Å²) < 4.78 is 5.37. The Morgan fingerprint density at radius 2 is 2.25 bits per heavy atom. The van der Waals surface area contributed by atoms with Gasteiger partial charge in [-0.25, -0.2) is 0 Å². The van der Waals surface area contributed by atoms with Crippen LogP contribution in [0.1, 0.15) is 20.3 Å². The van der Waals surface area contributed by atoms with Gasteiger partial charge in [-0.3, -0.25) is 4.79 Å². The van der Waals surface area contributed by atoms with Gasteiger partial charge in [0, 0.05) is 30.9 Å². The van der Waals surface area contributed by atoms with Crippen molar-refractivity contribution in [3.63, 3.8) is 0 Å². The van der Waals surface area contributed by atoms with Crippen molar-refractivity contribution in [2.24, 2.45) is 0 Å². The molecule has 0 aliphatic heterocycles. The average molecular weight is 279 g/mol. The molecule has 20 heavy (non-hydrogen) atoms. The molecule has 0 aliphatic carbocycles. The Morgan fingerprint density at radius 3 is 2.90 bits per heavy atom. The molecule has 5 nitrogen and oxygen atoms in total. The molecule has 1 aromatic rings. The molecule has 112 valence electrons. The Bertz CT molecular complexity index is 423. The third kappa shape index (κ3) is 5.93. The van der Waals surface area contributed by atoms with Gasteiger partial charge in [0.15, 0.2) is 6.61 Å². The zero-order chi connectivity index (χ0) is 15.0. The molecule has 0 heterocycles. The number of hydrogen-bond acceptors (Lipinski definition) is 4. The molecular formula is C15H25N3O2. The summed E-state index contributed by atoms with van der Waals surface area (Å²) in [7, 11) is 2.06. The molecule has 1 atom stereocenters. The van der Waals surface area contributed by atoms with Crippen molar-refractivity contribution in [2.45, 2.75) is 26.3 Å². The lowest BCUT2D eigenvalue weighted by Crippen LogP contribution is -2.38. The fourth-order valence-corrected chi connectivity index (χ4v) is 1.71. The fraction of sp³-hybridized carbons (Fsp3) is 0.533. The number of nitrogens with zero attached hydrogens (tertiary/aromatic N) is 1. The maximum atomic E-state index is 11.6. The molecule has 0 fully saturated rings. The minimum absolute atomic E-state index is 0.0104. The number of anilines is 1. The number of benzene rings is 1. The first-order valence-electron chi connectivity index (χ1n) is 6.98. The molecule has 1 aromatic carbocycles. The van der Waals surface area contributed by atoms with Gasteiger partial charge >= 0.3 is 0 Å². The molecule has 3 N–H and O–H groups in total. The zero-order valence-electron chi connectivity index (χ0n) is 12.6. The lowest BCUT2D eigenvalue weighted by atomic mass is 10.2. The maximum Gasteiger partial charge on any atom is 0.257 e. The highest BCUT2D eigenvalue weighted by molar-refractivity contribution is 5.77. The fourth-order valence-electron chi connectivity index (χ4n) is 1.71. The molecule has 0 spiro atoms. The number of nitrogens with one attached hydrogen (secondary N) is 1. The zero-order valence-corrected chi connectivity index (χ0v) is 12.6.